The van der Waals surface area contributed by atoms with E-state index >= 15 is 0 Å². The zero-order valence-corrected chi connectivity index (χ0v) is 10.4. The lowest BCUT2D eigenvalue weighted by molar-refractivity contribution is -0.137. The lowest BCUT2D eigenvalue weighted by Gasteiger charge is -2.29. The highest BCUT2D eigenvalue weighted by molar-refractivity contribution is 6.29. The summed E-state index contributed by atoms with van der Waals surface area (Å²) in [5.74, 6) is -2.43. The van der Waals surface area contributed by atoms with Crippen LogP contribution in [0.5, 0.6) is 0 Å². The second-order valence-corrected chi connectivity index (χ2v) is 4.11. The van der Waals surface area contributed by atoms with Gasteiger partial charge in [-0.05, 0) is 12.5 Å². The lowest BCUT2D eigenvalue weighted by atomic mass is 9.88. The Balaban J connectivity index is 3.12. The summed E-state index contributed by atoms with van der Waals surface area (Å²) in [6.07, 6.45) is -3.18. The molecule has 1 rings (SSSR count). The molecule has 1 aromatic carbocycles. The van der Waals surface area contributed by atoms with Crippen LogP contribution in [0, 0.1) is 0 Å². The van der Waals surface area contributed by atoms with Crippen molar-refractivity contribution in [3.8, 4) is 0 Å². The Morgan fingerprint density at radius 1 is 1.33 bits per heavy atom. The van der Waals surface area contributed by atoms with Crippen LogP contribution in [0.15, 0.2) is 30.3 Å². The predicted octanol–water partition coefficient (Wildman–Crippen LogP) is 2.09. The summed E-state index contributed by atoms with van der Waals surface area (Å²) in [7, 11) is 0. The molecule has 18 heavy (non-hydrogen) atoms. The predicted molar refractivity (Wildman–Crippen MR) is 63.7 cm³/mol. The van der Waals surface area contributed by atoms with Crippen LogP contribution in [-0.4, -0.2) is 24.0 Å². The van der Waals surface area contributed by atoms with Crippen LogP contribution in [0.25, 0.3) is 0 Å². The van der Waals surface area contributed by atoms with E-state index in [0.29, 0.717) is 5.56 Å². The van der Waals surface area contributed by atoms with Gasteiger partial charge < -0.3 is 5.32 Å². The van der Waals surface area contributed by atoms with Gasteiger partial charge >= 0.3 is 6.43 Å². The highest BCUT2D eigenvalue weighted by atomic mass is 35.5. The topological polar surface area (TPSA) is 46.2 Å². The Morgan fingerprint density at radius 2 is 1.89 bits per heavy atom. The quantitative estimate of drug-likeness (QED) is 0.837. The first-order valence-corrected chi connectivity index (χ1v) is 5.70. The highest BCUT2D eigenvalue weighted by Gasteiger charge is 2.37. The summed E-state index contributed by atoms with van der Waals surface area (Å²) in [6, 6.07) is 8.13. The molecule has 0 bridgehead atoms. The molecule has 0 saturated carbocycles. The van der Waals surface area contributed by atoms with E-state index in [1.54, 1.807) is 30.3 Å². The van der Waals surface area contributed by atoms with Crippen LogP contribution in [0.2, 0.25) is 0 Å². The van der Waals surface area contributed by atoms with Gasteiger partial charge in [0, 0.05) is 0 Å². The van der Waals surface area contributed by atoms with E-state index in [1.807, 2.05) is 5.32 Å². The Morgan fingerprint density at radius 3 is 2.33 bits per heavy atom. The lowest BCUT2D eigenvalue weighted by Crippen LogP contribution is -2.51. The van der Waals surface area contributed by atoms with Gasteiger partial charge in [-0.25, -0.2) is 0 Å². The smallest absolute Gasteiger partial charge is 0.315 e. The molecule has 3 nitrogen and oxygen atoms in total. The van der Waals surface area contributed by atoms with Gasteiger partial charge in [0.1, 0.15) is 5.54 Å². The minimum absolute atomic E-state index is 0.380. The van der Waals surface area contributed by atoms with Gasteiger partial charge in [0.2, 0.25) is 0 Å². The zero-order valence-electron chi connectivity index (χ0n) is 9.62. The van der Waals surface area contributed by atoms with Crippen molar-refractivity contribution >= 4 is 23.3 Å². The van der Waals surface area contributed by atoms with Crippen LogP contribution in [0.1, 0.15) is 12.5 Å². The third-order valence-electron chi connectivity index (χ3n) is 2.60. The maximum Gasteiger partial charge on any atom is 0.315 e. The molecule has 1 aromatic rings. The number of hydrogen-bond donors (Lipinski definition) is 1. The van der Waals surface area contributed by atoms with E-state index in [9.17, 15) is 18.4 Å². The number of Topliss-reactive ketones (excluding diaryl/α,β-unsaturated/α-hetero) is 1. The minimum Gasteiger partial charge on any atom is -0.335 e. The van der Waals surface area contributed by atoms with Gasteiger partial charge in [0.15, 0.2) is 5.78 Å². The molecule has 0 spiro atoms. The fourth-order valence-corrected chi connectivity index (χ4v) is 1.78. The van der Waals surface area contributed by atoms with E-state index < -0.39 is 23.7 Å². The molecule has 0 heterocycles. The SMILES string of the molecule is CC(NC(=O)C(F)F)(C(=O)CCl)c1ccccc1. The van der Waals surface area contributed by atoms with Crippen LogP contribution in [-0.2, 0) is 15.1 Å². The monoisotopic (exact) mass is 275 g/mol. The number of nitrogens with one attached hydrogen (secondary N) is 1. The van der Waals surface area contributed by atoms with Gasteiger partial charge in [-0.1, -0.05) is 30.3 Å². The van der Waals surface area contributed by atoms with Crippen molar-refractivity contribution in [3.05, 3.63) is 35.9 Å². The largest absolute Gasteiger partial charge is 0.335 e. The Hall–Kier alpha value is -1.49. The van der Waals surface area contributed by atoms with Crippen LogP contribution in [0.4, 0.5) is 8.78 Å². The first-order chi connectivity index (χ1) is 8.41. The van der Waals surface area contributed by atoms with E-state index in [1.165, 1.54) is 6.92 Å². The summed E-state index contributed by atoms with van der Waals surface area (Å²) in [6.45, 7) is 1.35. The molecule has 0 aliphatic carbocycles. The molecule has 1 atom stereocenters. The van der Waals surface area contributed by atoms with Gasteiger partial charge in [-0.2, -0.15) is 8.78 Å². The van der Waals surface area contributed by atoms with Gasteiger partial charge in [0.05, 0.1) is 5.88 Å². The van der Waals surface area contributed by atoms with Crippen molar-refractivity contribution in [3.63, 3.8) is 0 Å². The average Bonchev–Trinajstić information content (AvgIpc) is 2.38. The fraction of sp³-hybridized carbons (Fsp3) is 0.333. The van der Waals surface area contributed by atoms with E-state index in [-0.39, 0.29) is 5.88 Å². The van der Waals surface area contributed by atoms with Crippen LogP contribution >= 0.6 is 11.6 Å². The molecule has 0 saturated heterocycles. The minimum atomic E-state index is -3.18. The summed E-state index contributed by atoms with van der Waals surface area (Å²) in [4.78, 5) is 22.9. The number of carbonyl (C=O) groups is 2. The number of benzene rings is 1. The molecular formula is C12H12ClF2NO2. The van der Waals surface area contributed by atoms with E-state index in [2.05, 4.69) is 0 Å². The third kappa shape index (κ3) is 3.04. The number of halogens is 3. The molecule has 98 valence electrons. The zero-order chi connectivity index (χ0) is 13.8. The molecule has 0 radical (unpaired) electrons. The second kappa shape index (κ2) is 5.91. The molecule has 1 amide bonds. The van der Waals surface area contributed by atoms with Gasteiger partial charge in [-0.15, -0.1) is 11.6 Å². The van der Waals surface area contributed by atoms with Crippen molar-refractivity contribution in [2.75, 3.05) is 5.88 Å². The second-order valence-electron chi connectivity index (χ2n) is 3.84. The third-order valence-corrected chi connectivity index (χ3v) is 2.84. The maximum absolute atomic E-state index is 12.3. The normalized spacial score (nSPS) is 14.1. The molecule has 1 unspecified atom stereocenters. The van der Waals surface area contributed by atoms with Crippen LogP contribution in [0.3, 0.4) is 0 Å². The molecule has 0 aliphatic rings. The summed E-state index contributed by atoms with van der Waals surface area (Å²) in [5, 5.41) is 2.04. The average molecular weight is 276 g/mol. The van der Waals surface area contributed by atoms with Crippen molar-refractivity contribution in [1.29, 1.82) is 0 Å². The van der Waals surface area contributed by atoms with Gasteiger partial charge in [-0.3, -0.25) is 9.59 Å². The molecular weight excluding hydrogens is 264 g/mol. The summed E-state index contributed by atoms with van der Waals surface area (Å²) < 4.78 is 24.6. The van der Waals surface area contributed by atoms with Crippen molar-refractivity contribution in [2.45, 2.75) is 18.9 Å². The Bertz CT molecular complexity index is 439. The summed E-state index contributed by atoms with van der Waals surface area (Å²) in [5.41, 5.74) is -1.14. The molecule has 0 aliphatic heterocycles. The fourth-order valence-electron chi connectivity index (χ4n) is 1.51. The maximum atomic E-state index is 12.3. The summed E-state index contributed by atoms with van der Waals surface area (Å²) >= 11 is 5.46. The highest BCUT2D eigenvalue weighted by Crippen LogP contribution is 2.23. The number of alkyl halides is 3. The standard InChI is InChI=1S/C12H12ClF2NO2/c1-12(9(17)7-13,16-11(18)10(14)15)8-5-3-2-4-6-8/h2-6,10H,7H2,1H3,(H,16,18). The molecule has 0 aromatic heterocycles. The number of rotatable bonds is 5. The van der Waals surface area contributed by atoms with Crippen LogP contribution < -0.4 is 5.32 Å². The van der Waals surface area contributed by atoms with Crippen molar-refractivity contribution in [2.24, 2.45) is 0 Å². The van der Waals surface area contributed by atoms with Crippen molar-refractivity contribution in [1.82, 2.24) is 5.32 Å². The molecule has 6 heteroatoms. The Kier molecular flexibility index (Phi) is 4.78. The number of carbonyl (C=O) groups excluding carboxylic acids is 2. The van der Waals surface area contributed by atoms with Crippen molar-refractivity contribution < 1.29 is 18.4 Å². The first-order valence-electron chi connectivity index (χ1n) is 5.16. The van der Waals surface area contributed by atoms with Gasteiger partial charge in [0.25, 0.3) is 5.91 Å². The van der Waals surface area contributed by atoms with E-state index in [0.717, 1.165) is 0 Å². The first kappa shape index (κ1) is 14.6. The number of ketones is 1. The number of amides is 1. The Labute approximate surface area is 108 Å². The molecule has 1 N–H and O–H groups in total. The number of hydrogen-bond acceptors (Lipinski definition) is 2. The molecule has 0 fully saturated rings. The van der Waals surface area contributed by atoms with E-state index in [4.69, 9.17) is 11.6 Å².